The molecule has 0 spiro atoms. The van der Waals surface area contributed by atoms with Crippen LogP contribution in [0.4, 0.5) is 5.69 Å². The van der Waals surface area contributed by atoms with Crippen molar-refractivity contribution in [3.8, 4) is 11.5 Å². The Morgan fingerprint density at radius 3 is 1.78 bits per heavy atom. The molecule has 0 radical (unpaired) electrons. The normalized spacial score (nSPS) is 13.0. The highest BCUT2D eigenvalue weighted by molar-refractivity contribution is 7.56. The van der Waals surface area contributed by atoms with Crippen molar-refractivity contribution in [2.24, 2.45) is 0 Å². The van der Waals surface area contributed by atoms with Gasteiger partial charge >= 0.3 is 7.60 Å². The minimum atomic E-state index is -3.96. The Morgan fingerprint density at radius 2 is 1.28 bits per heavy atom. The molecule has 1 unspecified atom stereocenters. The van der Waals surface area contributed by atoms with E-state index in [1.54, 1.807) is 49.6 Å². The smallest absolute Gasteiger partial charge is 0.415 e. The van der Waals surface area contributed by atoms with Crippen molar-refractivity contribution in [2.75, 3.05) is 5.43 Å². The Kier molecular flexibility index (Phi) is 6.55. The first-order valence-corrected chi connectivity index (χ1v) is 11.7. The van der Waals surface area contributed by atoms with E-state index in [9.17, 15) is 4.57 Å². The van der Waals surface area contributed by atoms with Crippen molar-refractivity contribution in [3.63, 3.8) is 0 Å². The van der Waals surface area contributed by atoms with Crippen LogP contribution in [0.3, 0.4) is 0 Å². The number of rotatable bonds is 9. The maximum Gasteiger partial charge on any atom is 0.456 e. The first-order chi connectivity index (χ1) is 15.6. The second-order valence-electron chi connectivity index (χ2n) is 7.24. The first kappa shape index (κ1) is 21.6. The summed E-state index contributed by atoms with van der Waals surface area (Å²) in [4.78, 5) is 4.23. The average molecular weight is 445 g/mol. The van der Waals surface area contributed by atoms with Crippen LogP contribution in [0, 0.1) is 0 Å². The Balaban J connectivity index is 1.78. The highest BCUT2D eigenvalue weighted by Crippen LogP contribution is 2.62. The van der Waals surface area contributed by atoms with Crippen molar-refractivity contribution < 1.29 is 13.6 Å². The lowest BCUT2D eigenvalue weighted by molar-refractivity contribution is 0.329. The second-order valence-corrected chi connectivity index (χ2v) is 9.49. The molecule has 162 valence electrons. The lowest BCUT2D eigenvalue weighted by atomic mass is 10.1. The third-order valence-electron chi connectivity index (χ3n) is 4.93. The van der Waals surface area contributed by atoms with Gasteiger partial charge in [0.1, 0.15) is 11.5 Å². The summed E-state index contributed by atoms with van der Waals surface area (Å²) in [6.07, 6.45) is 3.31. The molecule has 0 aliphatic carbocycles. The minimum absolute atomic E-state index is 0.434. The van der Waals surface area contributed by atoms with Gasteiger partial charge in [-0.2, -0.15) is 0 Å². The number of hydrogen-bond donors (Lipinski definition) is 2. The van der Waals surface area contributed by atoms with E-state index in [0.29, 0.717) is 17.1 Å². The molecule has 0 aliphatic rings. The monoisotopic (exact) mass is 445 g/mol. The van der Waals surface area contributed by atoms with E-state index in [2.05, 4.69) is 15.8 Å². The summed E-state index contributed by atoms with van der Waals surface area (Å²) >= 11 is 0. The summed E-state index contributed by atoms with van der Waals surface area (Å²) in [5.41, 5.74) is 7.79. The predicted molar refractivity (Wildman–Crippen MR) is 127 cm³/mol. The van der Waals surface area contributed by atoms with Crippen molar-refractivity contribution >= 4 is 13.3 Å². The molecule has 3 aromatic carbocycles. The van der Waals surface area contributed by atoms with Crippen molar-refractivity contribution in [2.45, 2.75) is 12.2 Å². The van der Waals surface area contributed by atoms with Crippen LogP contribution in [-0.2, 0) is 9.85 Å². The van der Waals surface area contributed by atoms with E-state index >= 15 is 0 Å². The Labute approximate surface area is 187 Å². The molecule has 1 aromatic heterocycles. The van der Waals surface area contributed by atoms with E-state index in [1.165, 1.54) is 0 Å². The highest BCUT2D eigenvalue weighted by atomic mass is 31.2. The largest absolute Gasteiger partial charge is 0.456 e. The van der Waals surface area contributed by atoms with Gasteiger partial charge in [-0.3, -0.25) is 4.98 Å². The molecule has 0 saturated carbocycles. The molecule has 7 heteroatoms. The summed E-state index contributed by atoms with van der Waals surface area (Å²) in [6.45, 7) is 1.77. The molecule has 0 amide bonds. The van der Waals surface area contributed by atoms with Crippen LogP contribution in [-0.4, -0.2) is 4.98 Å². The van der Waals surface area contributed by atoms with Gasteiger partial charge in [0.05, 0.1) is 0 Å². The topological polar surface area (TPSA) is 72.5 Å². The van der Waals surface area contributed by atoms with Crippen molar-refractivity contribution in [3.05, 3.63) is 121 Å². The zero-order valence-electron chi connectivity index (χ0n) is 17.6. The fraction of sp³-hybridized carbons (Fsp3) is 0.0800. The summed E-state index contributed by atoms with van der Waals surface area (Å²) in [6, 6.07) is 31.2. The average Bonchev–Trinajstić information content (AvgIpc) is 2.85. The second kappa shape index (κ2) is 9.69. The number of para-hydroxylation sites is 3. The molecular formula is C25H24N3O3P. The van der Waals surface area contributed by atoms with Crippen LogP contribution in [0.1, 0.15) is 12.5 Å². The molecular weight excluding hydrogens is 421 g/mol. The maximum absolute atomic E-state index is 14.6. The number of benzene rings is 3. The van der Waals surface area contributed by atoms with Crippen molar-refractivity contribution in [1.82, 2.24) is 10.4 Å². The fourth-order valence-corrected chi connectivity index (χ4v) is 4.95. The van der Waals surface area contributed by atoms with Crippen molar-refractivity contribution in [1.29, 1.82) is 0 Å². The lowest BCUT2D eigenvalue weighted by Gasteiger charge is -2.37. The molecule has 32 heavy (non-hydrogen) atoms. The Bertz CT molecular complexity index is 1120. The molecule has 6 nitrogen and oxygen atoms in total. The Morgan fingerprint density at radius 1 is 0.750 bits per heavy atom. The van der Waals surface area contributed by atoms with Crippen LogP contribution in [0.2, 0.25) is 0 Å². The Hall–Kier alpha value is -3.60. The summed E-state index contributed by atoms with van der Waals surface area (Å²) < 4.78 is 26.9. The molecule has 4 aromatic rings. The summed E-state index contributed by atoms with van der Waals surface area (Å²) in [5, 5.41) is -1.30. The fourth-order valence-electron chi connectivity index (χ4n) is 3.11. The number of anilines is 1. The molecule has 1 heterocycles. The van der Waals surface area contributed by atoms with E-state index in [1.807, 2.05) is 72.8 Å². The van der Waals surface area contributed by atoms with Gasteiger partial charge in [0.25, 0.3) is 0 Å². The third-order valence-corrected chi connectivity index (χ3v) is 7.30. The zero-order valence-corrected chi connectivity index (χ0v) is 18.5. The zero-order chi connectivity index (χ0) is 22.3. The van der Waals surface area contributed by atoms with Gasteiger partial charge in [-0.05, 0) is 49.4 Å². The van der Waals surface area contributed by atoms with Crippen LogP contribution in [0.25, 0.3) is 0 Å². The predicted octanol–water partition coefficient (Wildman–Crippen LogP) is 6.22. The number of nitrogens with zero attached hydrogens (tertiary/aromatic N) is 1. The lowest BCUT2D eigenvalue weighted by Crippen LogP contribution is -2.45. The molecule has 2 N–H and O–H groups in total. The number of nitrogens with one attached hydrogen (secondary N) is 2. The molecule has 0 saturated heterocycles. The van der Waals surface area contributed by atoms with Gasteiger partial charge in [-0.25, -0.2) is 9.99 Å². The first-order valence-electron chi connectivity index (χ1n) is 10.2. The van der Waals surface area contributed by atoms with E-state index < -0.39 is 12.9 Å². The van der Waals surface area contributed by atoms with Gasteiger partial charge in [0, 0.05) is 23.6 Å². The van der Waals surface area contributed by atoms with Crippen LogP contribution in [0.5, 0.6) is 11.5 Å². The maximum atomic E-state index is 14.6. The van der Waals surface area contributed by atoms with E-state index in [4.69, 9.17) is 9.05 Å². The molecule has 4 rings (SSSR count). The third kappa shape index (κ3) is 4.83. The molecule has 0 aliphatic heterocycles. The number of hydrazine groups is 1. The van der Waals surface area contributed by atoms with Gasteiger partial charge < -0.3 is 14.5 Å². The van der Waals surface area contributed by atoms with Gasteiger partial charge in [-0.1, -0.05) is 60.7 Å². The van der Waals surface area contributed by atoms with Crippen LogP contribution in [0.15, 0.2) is 116 Å². The standard InChI is InChI=1S/C25H24N3O3P/c1-25(21-12-11-19-26-20-21,28-27-22-13-5-2-6-14-22)32(29,30-23-15-7-3-8-16-23)31-24-17-9-4-10-18-24/h2-20,27-28H,1H3. The summed E-state index contributed by atoms with van der Waals surface area (Å²) in [5.74, 6) is 0.867. The molecule has 0 bridgehead atoms. The van der Waals surface area contributed by atoms with Gasteiger partial charge in [-0.15, -0.1) is 0 Å². The minimum Gasteiger partial charge on any atom is -0.415 e. The highest BCUT2D eigenvalue weighted by Gasteiger charge is 2.52. The summed E-state index contributed by atoms with van der Waals surface area (Å²) in [7, 11) is -3.96. The van der Waals surface area contributed by atoms with E-state index in [0.717, 1.165) is 5.69 Å². The number of pyridine rings is 1. The number of aromatic nitrogens is 1. The quantitative estimate of drug-likeness (QED) is 0.235. The SMILES string of the molecule is CC(NNc1ccccc1)(c1cccnc1)P(=O)(Oc1ccccc1)Oc1ccccc1. The van der Waals surface area contributed by atoms with Gasteiger partial charge in [0.2, 0.25) is 0 Å². The van der Waals surface area contributed by atoms with Gasteiger partial charge in [0.15, 0.2) is 5.28 Å². The van der Waals surface area contributed by atoms with Crippen LogP contribution >= 0.6 is 7.60 Å². The van der Waals surface area contributed by atoms with Crippen LogP contribution < -0.4 is 19.9 Å². The number of hydrogen-bond acceptors (Lipinski definition) is 6. The van der Waals surface area contributed by atoms with E-state index in [-0.39, 0.29) is 0 Å². The molecule has 1 atom stereocenters. The molecule has 0 fully saturated rings.